The third-order valence-electron chi connectivity index (χ3n) is 10.5. The lowest BCUT2D eigenvalue weighted by atomic mass is 10.0. The average Bonchev–Trinajstić information content (AvgIpc) is 3.17. The number of carbonyl (C=O) groups is 2. The van der Waals surface area contributed by atoms with Crippen molar-refractivity contribution in [1.29, 1.82) is 0 Å². The number of phosphoric acid groups is 1. The van der Waals surface area contributed by atoms with Gasteiger partial charge in [-0.15, -0.1) is 0 Å². The smallest absolute Gasteiger partial charge is 0.306 e. The summed E-state index contributed by atoms with van der Waals surface area (Å²) in [4.78, 5) is 37.6. The monoisotopic (exact) mass is 842 g/mol. The van der Waals surface area contributed by atoms with Crippen molar-refractivity contribution in [2.24, 2.45) is 0 Å². The zero-order valence-corrected chi connectivity index (χ0v) is 39.4. The van der Waals surface area contributed by atoms with E-state index in [1.54, 1.807) is 0 Å². The minimum atomic E-state index is -4.63. The zero-order valence-electron chi connectivity index (χ0n) is 38.5. The first kappa shape index (κ1) is 56.5. The number of ether oxygens (including phenoxy) is 2. The molecule has 342 valence electrons. The molecular weight excluding hydrogens is 750 g/mol. The Labute approximate surface area is 358 Å². The molecule has 0 bridgehead atoms. The number of quaternary nitrogens is 1. The van der Waals surface area contributed by atoms with Crippen molar-refractivity contribution in [2.45, 2.75) is 225 Å². The van der Waals surface area contributed by atoms with Gasteiger partial charge >= 0.3 is 11.9 Å². The van der Waals surface area contributed by atoms with Gasteiger partial charge in [0, 0.05) is 12.8 Å². The number of esters is 2. The van der Waals surface area contributed by atoms with Crippen LogP contribution in [0.3, 0.4) is 0 Å². The molecule has 0 N–H and O–H groups in total. The summed E-state index contributed by atoms with van der Waals surface area (Å²) in [6.45, 7) is 4.20. The Morgan fingerprint density at radius 1 is 0.534 bits per heavy atom. The Morgan fingerprint density at radius 2 is 0.948 bits per heavy atom. The molecule has 1 unspecified atom stereocenters. The maximum atomic E-state index is 12.7. The average molecular weight is 842 g/mol. The number of hydrogen-bond acceptors (Lipinski definition) is 8. The van der Waals surface area contributed by atoms with Crippen molar-refractivity contribution in [3.63, 3.8) is 0 Å². The molecule has 0 aliphatic heterocycles. The maximum Gasteiger partial charge on any atom is 0.306 e. The quantitative estimate of drug-likeness (QED) is 0.0196. The molecule has 0 spiro atoms. The minimum absolute atomic E-state index is 0.0318. The number of hydrogen-bond donors (Lipinski definition) is 0. The molecule has 0 radical (unpaired) electrons. The van der Waals surface area contributed by atoms with E-state index in [2.05, 4.69) is 38.2 Å². The molecule has 0 rings (SSSR count). The molecule has 0 aromatic heterocycles. The zero-order chi connectivity index (χ0) is 42.8. The van der Waals surface area contributed by atoms with Gasteiger partial charge < -0.3 is 27.9 Å². The van der Waals surface area contributed by atoms with Gasteiger partial charge in [-0.25, -0.2) is 0 Å². The van der Waals surface area contributed by atoms with Crippen LogP contribution in [0.5, 0.6) is 0 Å². The number of phosphoric ester groups is 1. The summed E-state index contributed by atoms with van der Waals surface area (Å²) in [6.07, 6.45) is 44.9. The molecule has 0 aromatic rings. The van der Waals surface area contributed by atoms with Crippen LogP contribution in [0.1, 0.15) is 219 Å². The number of carbonyl (C=O) groups excluding carboxylic acids is 2. The fourth-order valence-electron chi connectivity index (χ4n) is 6.67. The molecule has 0 aromatic carbocycles. The van der Waals surface area contributed by atoms with Gasteiger partial charge in [-0.05, 0) is 38.5 Å². The van der Waals surface area contributed by atoms with E-state index in [9.17, 15) is 19.0 Å². The van der Waals surface area contributed by atoms with Crippen LogP contribution < -0.4 is 4.89 Å². The topological polar surface area (TPSA) is 111 Å². The van der Waals surface area contributed by atoms with Crippen LogP contribution in [0, 0.1) is 0 Å². The molecule has 58 heavy (non-hydrogen) atoms. The fraction of sp³-hybridized carbons (Fsp3) is 0.875. The second-order valence-electron chi connectivity index (χ2n) is 17.5. The van der Waals surface area contributed by atoms with Crippen LogP contribution >= 0.6 is 7.82 Å². The van der Waals surface area contributed by atoms with Gasteiger partial charge in [0.05, 0.1) is 27.7 Å². The summed E-state index contributed by atoms with van der Waals surface area (Å²) in [6, 6.07) is 0. The number of rotatable bonds is 44. The summed E-state index contributed by atoms with van der Waals surface area (Å²) in [5, 5.41) is 0. The highest BCUT2D eigenvalue weighted by molar-refractivity contribution is 7.45. The van der Waals surface area contributed by atoms with Crippen molar-refractivity contribution in [3.05, 3.63) is 24.3 Å². The highest BCUT2D eigenvalue weighted by Crippen LogP contribution is 2.38. The molecule has 0 saturated heterocycles. The maximum absolute atomic E-state index is 12.7. The standard InChI is InChI=1S/C48H92NO8P/c1-6-8-10-12-14-16-18-20-22-23-24-25-26-27-29-30-32-34-36-38-40-47(50)54-44-46(45-56-58(52,53)55-43-42-49(3,4)5)57-48(51)41-39-37-35-33-31-28-21-19-17-15-13-11-9-7-2/h13,15,19,21,46H,6-12,14,16-18,20,22-45H2,1-5H3/b15-13+,21-19+/t46-/m1/s1. The summed E-state index contributed by atoms with van der Waals surface area (Å²) in [5.74, 6) is -0.841. The van der Waals surface area contributed by atoms with E-state index in [0.717, 1.165) is 64.2 Å². The third-order valence-corrected chi connectivity index (χ3v) is 11.4. The predicted octanol–water partition coefficient (Wildman–Crippen LogP) is 13.3. The highest BCUT2D eigenvalue weighted by Gasteiger charge is 2.21. The summed E-state index contributed by atoms with van der Waals surface area (Å²) in [5.41, 5.74) is 0. The SMILES string of the molecule is CCCC/C=C/C/C=C/CCCCCCCC(=O)O[C@H](COC(=O)CCCCCCCCCCCCCCCCCCCCCC)COP(=O)([O-])OCC[N+](C)(C)C. The first-order valence-electron chi connectivity index (χ1n) is 24.0. The third kappa shape index (κ3) is 44.1. The first-order valence-corrected chi connectivity index (χ1v) is 25.5. The van der Waals surface area contributed by atoms with E-state index in [4.69, 9.17) is 18.5 Å². The van der Waals surface area contributed by atoms with Gasteiger partial charge in [-0.3, -0.25) is 14.2 Å². The number of unbranched alkanes of at least 4 members (excludes halogenated alkanes) is 26. The number of nitrogens with zero attached hydrogens (tertiary/aromatic N) is 1. The molecule has 0 fully saturated rings. The highest BCUT2D eigenvalue weighted by atomic mass is 31.2. The van der Waals surface area contributed by atoms with Gasteiger partial charge in [0.15, 0.2) is 6.10 Å². The van der Waals surface area contributed by atoms with E-state index in [1.165, 1.54) is 122 Å². The molecular formula is C48H92NO8P. The van der Waals surface area contributed by atoms with Gasteiger partial charge in [0.2, 0.25) is 0 Å². The van der Waals surface area contributed by atoms with E-state index >= 15 is 0 Å². The van der Waals surface area contributed by atoms with E-state index < -0.39 is 26.5 Å². The summed E-state index contributed by atoms with van der Waals surface area (Å²) in [7, 11) is 1.16. The molecule has 10 heteroatoms. The molecule has 0 amide bonds. The van der Waals surface area contributed by atoms with Crippen LogP contribution in [0.4, 0.5) is 0 Å². The normalized spacial score (nSPS) is 13.7. The van der Waals surface area contributed by atoms with Crippen LogP contribution in [0.15, 0.2) is 24.3 Å². The van der Waals surface area contributed by atoms with Crippen LogP contribution in [-0.4, -0.2) is 70.0 Å². The molecule has 0 aliphatic rings. The Hall–Kier alpha value is -1.51. The van der Waals surface area contributed by atoms with Crippen molar-refractivity contribution >= 4 is 19.8 Å². The second kappa shape index (κ2) is 40.9. The Kier molecular flexibility index (Phi) is 39.8. The largest absolute Gasteiger partial charge is 0.756 e. The van der Waals surface area contributed by atoms with Crippen LogP contribution in [0.25, 0.3) is 0 Å². The Morgan fingerprint density at radius 3 is 1.41 bits per heavy atom. The fourth-order valence-corrected chi connectivity index (χ4v) is 7.40. The van der Waals surface area contributed by atoms with Crippen molar-refractivity contribution in [3.8, 4) is 0 Å². The Balaban J connectivity index is 4.25. The molecule has 0 aliphatic carbocycles. The lowest BCUT2D eigenvalue weighted by molar-refractivity contribution is -0.870. The molecule has 0 saturated carbocycles. The van der Waals surface area contributed by atoms with Crippen molar-refractivity contribution in [2.75, 3.05) is 47.5 Å². The van der Waals surface area contributed by atoms with Gasteiger partial charge in [-0.1, -0.05) is 192 Å². The van der Waals surface area contributed by atoms with Gasteiger partial charge in [0.1, 0.15) is 19.8 Å². The van der Waals surface area contributed by atoms with Crippen molar-refractivity contribution in [1.82, 2.24) is 0 Å². The van der Waals surface area contributed by atoms with Gasteiger partial charge in [-0.2, -0.15) is 0 Å². The molecule has 2 atom stereocenters. The Bertz CT molecular complexity index is 1040. The predicted molar refractivity (Wildman–Crippen MR) is 241 cm³/mol. The van der Waals surface area contributed by atoms with Gasteiger partial charge in [0.25, 0.3) is 7.82 Å². The van der Waals surface area contributed by atoms with E-state index in [-0.39, 0.29) is 32.0 Å². The van der Waals surface area contributed by atoms with E-state index in [1.807, 2.05) is 21.1 Å². The van der Waals surface area contributed by atoms with Crippen LogP contribution in [0.2, 0.25) is 0 Å². The minimum Gasteiger partial charge on any atom is -0.756 e. The number of likely N-dealkylation sites (N-methyl/N-ethyl adjacent to an activating group) is 1. The summed E-state index contributed by atoms with van der Waals surface area (Å²) < 4.78 is 34.0. The summed E-state index contributed by atoms with van der Waals surface area (Å²) >= 11 is 0. The van der Waals surface area contributed by atoms with Crippen molar-refractivity contribution < 1.29 is 42.1 Å². The first-order chi connectivity index (χ1) is 28.0. The van der Waals surface area contributed by atoms with Crippen LogP contribution in [-0.2, 0) is 32.7 Å². The lowest BCUT2D eigenvalue weighted by Crippen LogP contribution is -2.37. The second-order valence-corrected chi connectivity index (χ2v) is 18.9. The molecule has 0 heterocycles. The number of allylic oxidation sites excluding steroid dienone is 4. The molecule has 9 nitrogen and oxygen atoms in total. The lowest BCUT2D eigenvalue weighted by Gasteiger charge is -2.28. The van der Waals surface area contributed by atoms with E-state index in [0.29, 0.717) is 17.4 Å².